The van der Waals surface area contributed by atoms with Gasteiger partial charge >= 0.3 is 0 Å². The van der Waals surface area contributed by atoms with E-state index >= 15 is 0 Å². The SMILES string of the molecule is Brc1cccc(-c2cc3c4ccccc4oc3c3ccccc23)c1. The highest BCUT2D eigenvalue weighted by molar-refractivity contribution is 9.10. The molecule has 4 aromatic carbocycles. The molecule has 0 spiro atoms. The van der Waals surface area contributed by atoms with Gasteiger partial charge in [-0.05, 0) is 40.8 Å². The van der Waals surface area contributed by atoms with Gasteiger partial charge in [0.2, 0.25) is 0 Å². The van der Waals surface area contributed by atoms with Gasteiger partial charge in [-0.1, -0.05) is 70.5 Å². The van der Waals surface area contributed by atoms with Crippen molar-refractivity contribution in [3.8, 4) is 11.1 Å². The van der Waals surface area contributed by atoms with Crippen LogP contribution in [-0.4, -0.2) is 0 Å². The molecule has 1 heterocycles. The van der Waals surface area contributed by atoms with E-state index in [0.717, 1.165) is 26.4 Å². The van der Waals surface area contributed by atoms with Gasteiger partial charge in [-0.25, -0.2) is 0 Å². The second-order valence-electron chi connectivity index (χ2n) is 5.95. The lowest BCUT2D eigenvalue weighted by Gasteiger charge is -2.08. The monoisotopic (exact) mass is 372 g/mol. The van der Waals surface area contributed by atoms with Crippen LogP contribution in [0.2, 0.25) is 0 Å². The molecule has 24 heavy (non-hydrogen) atoms. The van der Waals surface area contributed by atoms with Gasteiger partial charge in [0.1, 0.15) is 11.2 Å². The summed E-state index contributed by atoms with van der Waals surface area (Å²) in [6.45, 7) is 0. The maximum atomic E-state index is 6.17. The Morgan fingerprint density at radius 3 is 2.21 bits per heavy atom. The summed E-state index contributed by atoms with van der Waals surface area (Å²) in [6, 6.07) is 27.4. The zero-order valence-corrected chi connectivity index (χ0v) is 14.4. The molecule has 0 aliphatic heterocycles. The van der Waals surface area contributed by atoms with E-state index < -0.39 is 0 Å². The van der Waals surface area contributed by atoms with Crippen LogP contribution in [-0.2, 0) is 0 Å². The topological polar surface area (TPSA) is 13.1 Å². The molecule has 0 aliphatic rings. The quantitative estimate of drug-likeness (QED) is 0.304. The summed E-state index contributed by atoms with van der Waals surface area (Å²) < 4.78 is 7.26. The fourth-order valence-electron chi connectivity index (χ4n) is 3.44. The van der Waals surface area contributed by atoms with Gasteiger partial charge in [0, 0.05) is 20.6 Å². The third kappa shape index (κ3) is 2.00. The minimum absolute atomic E-state index is 0.934. The van der Waals surface area contributed by atoms with Crippen molar-refractivity contribution in [1.29, 1.82) is 0 Å². The molecule has 5 aromatic rings. The molecular formula is C22H13BrO. The number of furan rings is 1. The molecule has 5 rings (SSSR count). The lowest BCUT2D eigenvalue weighted by atomic mass is 9.95. The Kier molecular flexibility index (Phi) is 3.00. The number of rotatable bonds is 1. The third-order valence-electron chi connectivity index (χ3n) is 4.52. The summed E-state index contributed by atoms with van der Waals surface area (Å²) in [4.78, 5) is 0. The average Bonchev–Trinajstić information content (AvgIpc) is 3.00. The zero-order valence-electron chi connectivity index (χ0n) is 12.8. The highest BCUT2D eigenvalue weighted by Gasteiger charge is 2.14. The summed E-state index contributed by atoms with van der Waals surface area (Å²) in [5.41, 5.74) is 4.33. The molecule has 0 saturated carbocycles. The van der Waals surface area contributed by atoms with Crippen molar-refractivity contribution in [2.24, 2.45) is 0 Å². The summed E-state index contributed by atoms with van der Waals surface area (Å²) in [7, 11) is 0. The first-order chi connectivity index (χ1) is 11.8. The van der Waals surface area contributed by atoms with Crippen LogP contribution in [0.25, 0.3) is 43.8 Å². The summed E-state index contributed by atoms with van der Waals surface area (Å²) >= 11 is 3.59. The average molecular weight is 373 g/mol. The smallest absolute Gasteiger partial charge is 0.143 e. The molecule has 0 N–H and O–H groups in total. The molecule has 0 radical (unpaired) electrons. The van der Waals surface area contributed by atoms with Crippen molar-refractivity contribution in [1.82, 2.24) is 0 Å². The molecule has 1 nitrogen and oxygen atoms in total. The van der Waals surface area contributed by atoms with Crippen molar-refractivity contribution in [3.05, 3.63) is 83.3 Å². The number of para-hydroxylation sites is 1. The maximum absolute atomic E-state index is 6.17. The molecule has 0 amide bonds. The molecule has 0 fully saturated rings. The molecule has 0 aliphatic carbocycles. The van der Waals surface area contributed by atoms with Crippen LogP contribution in [0.1, 0.15) is 0 Å². The van der Waals surface area contributed by atoms with Gasteiger partial charge in [0.25, 0.3) is 0 Å². The van der Waals surface area contributed by atoms with Gasteiger partial charge in [-0.3, -0.25) is 0 Å². The first-order valence-electron chi connectivity index (χ1n) is 7.90. The third-order valence-corrected chi connectivity index (χ3v) is 5.01. The summed E-state index contributed by atoms with van der Waals surface area (Å²) in [5.74, 6) is 0. The number of halogens is 1. The van der Waals surface area contributed by atoms with E-state index in [1.54, 1.807) is 0 Å². The Labute approximate surface area is 147 Å². The lowest BCUT2D eigenvalue weighted by Crippen LogP contribution is -1.83. The predicted molar refractivity (Wildman–Crippen MR) is 104 cm³/mol. The first-order valence-corrected chi connectivity index (χ1v) is 8.69. The minimum atomic E-state index is 0.934. The molecule has 0 saturated heterocycles. The largest absolute Gasteiger partial charge is 0.455 e. The Balaban J connectivity index is 2.00. The number of benzene rings is 4. The van der Waals surface area contributed by atoms with Crippen LogP contribution in [0.5, 0.6) is 0 Å². The van der Waals surface area contributed by atoms with E-state index in [0.29, 0.717) is 0 Å². The molecule has 114 valence electrons. The van der Waals surface area contributed by atoms with Crippen molar-refractivity contribution >= 4 is 48.6 Å². The van der Waals surface area contributed by atoms with E-state index in [1.807, 2.05) is 12.1 Å². The number of hydrogen-bond donors (Lipinski definition) is 0. The van der Waals surface area contributed by atoms with Crippen molar-refractivity contribution in [2.45, 2.75) is 0 Å². The fourth-order valence-corrected chi connectivity index (χ4v) is 3.84. The van der Waals surface area contributed by atoms with Gasteiger partial charge < -0.3 is 4.42 Å². The van der Waals surface area contributed by atoms with Crippen LogP contribution < -0.4 is 0 Å². The van der Waals surface area contributed by atoms with Crippen molar-refractivity contribution in [3.63, 3.8) is 0 Å². The van der Waals surface area contributed by atoms with Gasteiger partial charge in [0.05, 0.1) is 0 Å². The van der Waals surface area contributed by atoms with Gasteiger partial charge in [0.15, 0.2) is 0 Å². The Hall–Kier alpha value is -2.58. The normalized spacial score (nSPS) is 11.5. The van der Waals surface area contributed by atoms with Crippen LogP contribution >= 0.6 is 15.9 Å². The highest BCUT2D eigenvalue weighted by atomic mass is 79.9. The van der Waals surface area contributed by atoms with E-state index in [4.69, 9.17) is 4.42 Å². The van der Waals surface area contributed by atoms with Crippen LogP contribution in [0.4, 0.5) is 0 Å². The molecule has 0 atom stereocenters. The van der Waals surface area contributed by atoms with Crippen LogP contribution in [0.3, 0.4) is 0 Å². The molecular weight excluding hydrogens is 360 g/mol. The zero-order chi connectivity index (χ0) is 16.1. The summed E-state index contributed by atoms with van der Waals surface area (Å²) in [6.07, 6.45) is 0. The van der Waals surface area contributed by atoms with Crippen LogP contribution in [0.15, 0.2) is 87.8 Å². The van der Waals surface area contributed by atoms with Gasteiger partial charge in [-0.15, -0.1) is 0 Å². The standard InChI is InChI=1S/C22H13BrO/c23-15-7-5-6-14(12-15)19-13-20-17-9-3-4-11-21(17)24-22(20)18-10-2-1-8-16(18)19/h1-13H. The maximum Gasteiger partial charge on any atom is 0.143 e. The molecule has 0 bridgehead atoms. The highest BCUT2D eigenvalue weighted by Crippen LogP contribution is 2.39. The van der Waals surface area contributed by atoms with Crippen molar-refractivity contribution in [2.75, 3.05) is 0 Å². The minimum Gasteiger partial charge on any atom is -0.455 e. The molecule has 1 aromatic heterocycles. The Morgan fingerprint density at radius 1 is 0.625 bits per heavy atom. The molecule has 0 unspecified atom stereocenters. The number of fused-ring (bicyclic) bond motifs is 5. The number of hydrogen-bond acceptors (Lipinski definition) is 1. The lowest BCUT2D eigenvalue weighted by molar-refractivity contribution is 0.672. The van der Waals surface area contributed by atoms with E-state index in [-0.39, 0.29) is 0 Å². The van der Waals surface area contributed by atoms with E-state index in [2.05, 4.69) is 82.7 Å². The first kappa shape index (κ1) is 13.8. The van der Waals surface area contributed by atoms with Crippen molar-refractivity contribution < 1.29 is 4.42 Å². The van der Waals surface area contributed by atoms with E-state index in [1.165, 1.54) is 21.9 Å². The Morgan fingerprint density at radius 2 is 1.38 bits per heavy atom. The van der Waals surface area contributed by atoms with Gasteiger partial charge in [-0.2, -0.15) is 0 Å². The van der Waals surface area contributed by atoms with Crippen LogP contribution in [0, 0.1) is 0 Å². The second-order valence-corrected chi connectivity index (χ2v) is 6.87. The Bertz CT molecular complexity index is 1220. The second kappa shape index (κ2) is 5.22. The van der Waals surface area contributed by atoms with E-state index in [9.17, 15) is 0 Å². The summed E-state index contributed by atoms with van der Waals surface area (Å²) in [5, 5.41) is 4.69. The molecule has 2 heteroatoms. The predicted octanol–water partition coefficient (Wildman–Crippen LogP) is 7.17. The fraction of sp³-hybridized carbons (Fsp3) is 0.